The van der Waals surface area contributed by atoms with Gasteiger partial charge in [-0.2, -0.15) is 0 Å². The molecule has 0 spiro atoms. The van der Waals surface area contributed by atoms with Crippen LogP contribution in [0.15, 0.2) is 23.1 Å². The molecule has 1 aliphatic carbocycles. The Bertz CT molecular complexity index is 548. The van der Waals surface area contributed by atoms with E-state index in [2.05, 4.69) is 0 Å². The van der Waals surface area contributed by atoms with Gasteiger partial charge in [0.1, 0.15) is 10.7 Å². The molecule has 0 aromatic heterocycles. The largest absolute Gasteiger partial charge is 0.377 e. The fraction of sp³-hybridized carbons (Fsp3) is 0.600. The van der Waals surface area contributed by atoms with E-state index in [9.17, 15) is 12.8 Å². The molecule has 0 saturated heterocycles. The molecule has 1 fully saturated rings. The molecule has 1 saturated carbocycles. The SMILES string of the molecule is Cc1ccc(S(=O)(=O)CCOC2CCCCC2)c(F)c1. The highest BCUT2D eigenvalue weighted by atomic mass is 32.2. The third-order valence-corrected chi connectivity index (χ3v) is 5.39. The molecule has 3 nitrogen and oxygen atoms in total. The average molecular weight is 300 g/mol. The predicted molar refractivity (Wildman–Crippen MR) is 76.0 cm³/mol. The number of ether oxygens (including phenoxy) is 1. The standard InChI is InChI=1S/C15H21FO3S/c1-12-7-8-15(14(16)11-12)20(17,18)10-9-19-13-5-3-2-4-6-13/h7-8,11,13H,2-6,9-10H2,1H3. The minimum Gasteiger partial charge on any atom is -0.377 e. The van der Waals surface area contributed by atoms with Crippen LogP contribution in [0.3, 0.4) is 0 Å². The maximum atomic E-state index is 13.7. The monoisotopic (exact) mass is 300 g/mol. The minimum absolute atomic E-state index is 0.139. The van der Waals surface area contributed by atoms with Gasteiger partial charge in [-0.15, -0.1) is 0 Å². The van der Waals surface area contributed by atoms with Crippen molar-refractivity contribution >= 4 is 9.84 Å². The van der Waals surface area contributed by atoms with E-state index in [-0.39, 0.29) is 23.4 Å². The van der Waals surface area contributed by atoms with Crippen molar-refractivity contribution in [1.29, 1.82) is 0 Å². The number of sulfone groups is 1. The van der Waals surface area contributed by atoms with Crippen LogP contribution in [0.4, 0.5) is 4.39 Å². The highest BCUT2D eigenvalue weighted by molar-refractivity contribution is 7.91. The number of benzene rings is 1. The van der Waals surface area contributed by atoms with Gasteiger partial charge >= 0.3 is 0 Å². The number of rotatable bonds is 5. The summed E-state index contributed by atoms with van der Waals surface area (Å²) in [4.78, 5) is -0.227. The first kappa shape index (κ1) is 15.4. The molecule has 1 aromatic carbocycles. The summed E-state index contributed by atoms with van der Waals surface area (Å²) >= 11 is 0. The summed E-state index contributed by atoms with van der Waals surface area (Å²) in [6.45, 7) is 1.87. The van der Waals surface area contributed by atoms with Crippen molar-refractivity contribution < 1.29 is 17.5 Å². The van der Waals surface area contributed by atoms with Gasteiger partial charge in [0.2, 0.25) is 0 Å². The fourth-order valence-electron chi connectivity index (χ4n) is 2.52. The molecular weight excluding hydrogens is 279 g/mol. The van der Waals surface area contributed by atoms with E-state index in [0.717, 1.165) is 25.7 Å². The van der Waals surface area contributed by atoms with Gasteiger partial charge < -0.3 is 4.74 Å². The molecule has 0 N–H and O–H groups in total. The van der Waals surface area contributed by atoms with Crippen LogP contribution in [0.2, 0.25) is 0 Å². The van der Waals surface area contributed by atoms with Gasteiger partial charge in [0.15, 0.2) is 9.84 Å². The van der Waals surface area contributed by atoms with E-state index in [4.69, 9.17) is 4.74 Å². The summed E-state index contributed by atoms with van der Waals surface area (Å²) in [5, 5.41) is 0. The van der Waals surface area contributed by atoms with Gasteiger partial charge in [-0.1, -0.05) is 25.3 Å². The normalized spacial score (nSPS) is 17.3. The van der Waals surface area contributed by atoms with E-state index in [1.54, 1.807) is 13.0 Å². The van der Waals surface area contributed by atoms with Gasteiger partial charge in [-0.25, -0.2) is 12.8 Å². The average Bonchev–Trinajstić information content (AvgIpc) is 2.39. The molecular formula is C15H21FO3S. The van der Waals surface area contributed by atoms with Crippen LogP contribution < -0.4 is 0 Å². The zero-order valence-electron chi connectivity index (χ0n) is 11.8. The Morgan fingerprint density at radius 1 is 1.25 bits per heavy atom. The zero-order valence-corrected chi connectivity index (χ0v) is 12.6. The summed E-state index contributed by atoms with van der Waals surface area (Å²) in [6, 6.07) is 4.19. The predicted octanol–water partition coefficient (Wildman–Crippen LogP) is 3.26. The number of aryl methyl sites for hydroxylation is 1. The quantitative estimate of drug-likeness (QED) is 0.838. The maximum Gasteiger partial charge on any atom is 0.183 e. The van der Waals surface area contributed by atoms with Gasteiger partial charge in [0, 0.05) is 0 Å². The van der Waals surface area contributed by atoms with Crippen LogP contribution in [0.5, 0.6) is 0 Å². The van der Waals surface area contributed by atoms with Gasteiger partial charge in [0.05, 0.1) is 18.5 Å². The number of halogens is 1. The molecule has 0 atom stereocenters. The lowest BCUT2D eigenvalue weighted by Gasteiger charge is -2.21. The Kier molecular flexibility index (Phi) is 5.16. The zero-order chi connectivity index (χ0) is 14.6. The van der Waals surface area contributed by atoms with E-state index in [1.807, 2.05) is 0 Å². The molecule has 20 heavy (non-hydrogen) atoms. The van der Waals surface area contributed by atoms with E-state index in [1.165, 1.54) is 18.6 Å². The van der Waals surface area contributed by atoms with Crippen LogP contribution in [-0.4, -0.2) is 26.9 Å². The molecule has 0 unspecified atom stereocenters. The Hall–Kier alpha value is -0.940. The summed E-state index contributed by atoms with van der Waals surface area (Å²) in [5.41, 5.74) is 0.708. The lowest BCUT2D eigenvalue weighted by atomic mass is 9.98. The van der Waals surface area contributed by atoms with Crippen molar-refractivity contribution in [2.45, 2.75) is 50.0 Å². The van der Waals surface area contributed by atoms with Gasteiger partial charge in [-0.05, 0) is 37.5 Å². The molecule has 0 bridgehead atoms. The second kappa shape index (κ2) is 6.68. The van der Waals surface area contributed by atoms with Crippen molar-refractivity contribution in [3.63, 3.8) is 0 Å². The first-order valence-corrected chi connectivity index (χ1v) is 8.75. The molecule has 1 aromatic rings. The van der Waals surface area contributed by atoms with Crippen LogP contribution >= 0.6 is 0 Å². The Labute approximate surface area is 120 Å². The fourth-order valence-corrected chi connectivity index (χ4v) is 3.69. The highest BCUT2D eigenvalue weighted by Gasteiger charge is 2.20. The second-order valence-electron chi connectivity index (χ2n) is 5.38. The van der Waals surface area contributed by atoms with Gasteiger partial charge in [-0.3, -0.25) is 0 Å². The number of hydrogen-bond donors (Lipinski definition) is 0. The topological polar surface area (TPSA) is 43.4 Å². The molecule has 2 rings (SSSR count). The molecule has 112 valence electrons. The third kappa shape index (κ3) is 4.03. The van der Waals surface area contributed by atoms with E-state index < -0.39 is 15.7 Å². The molecule has 0 radical (unpaired) electrons. The molecule has 0 amide bonds. The van der Waals surface area contributed by atoms with Crippen molar-refractivity contribution in [3.8, 4) is 0 Å². The summed E-state index contributed by atoms with van der Waals surface area (Å²) in [7, 11) is -3.61. The third-order valence-electron chi connectivity index (χ3n) is 3.68. The summed E-state index contributed by atoms with van der Waals surface area (Å²) < 4.78 is 43.5. The second-order valence-corrected chi connectivity index (χ2v) is 7.46. The van der Waals surface area contributed by atoms with Crippen molar-refractivity contribution in [1.82, 2.24) is 0 Å². The van der Waals surface area contributed by atoms with Crippen LogP contribution in [0.1, 0.15) is 37.7 Å². The Balaban J connectivity index is 1.93. The number of hydrogen-bond acceptors (Lipinski definition) is 3. The van der Waals surface area contributed by atoms with Crippen molar-refractivity contribution in [3.05, 3.63) is 29.6 Å². The van der Waals surface area contributed by atoms with Crippen molar-refractivity contribution in [2.24, 2.45) is 0 Å². The highest BCUT2D eigenvalue weighted by Crippen LogP contribution is 2.21. The van der Waals surface area contributed by atoms with Crippen LogP contribution in [0.25, 0.3) is 0 Å². The van der Waals surface area contributed by atoms with Gasteiger partial charge in [0.25, 0.3) is 0 Å². The van der Waals surface area contributed by atoms with Crippen LogP contribution in [-0.2, 0) is 14.6 Å². The Morgan fingerprint density at radius 3 is 2.60 bits per heavy atom. The molecule has 5 heteroatoms. The molecule has 1 aliphatic rings. The van der Waals surface area contributed by atoms with Crippen molar-refractivity contribution in [2.75, 3.05) is 12.4 Å². The van der Waals surface area contributed by atoms with E-state index >= 15 is 0 Å². The van der Waals surface area contributed by atoms with E-state index in [0.29, 0.717) is 5.56 Å². The summed E-state index contributed by atoms with van der Waals surface area (Å²) in [6.07, 6.45) is 5.68. The maximum absolute atomic E-state index is 13.7. The smallest absolute Gasteiger partial charge is 0.183 e. The minimum atomic E-state index is -3.61. The lowest BCUT2D eigenvalue weighted by Crippen LogP contribution is -2.21. The first-order chi connectivity index (χ1) is 9.49. The molecule has 0 heterocycles. The lowest BCUT2D eigenvalue weighted by molar-refractivity contribution is 0.0379. The summed E-state index contributed by atoms with van der Waals surface area (Å²) in [5.74, 6) is -0.841. The first-order valence-electron chi connectivity index (χ1n) is 7.09. The Morgan fingerprint density at radius 2 is 1.95 bits per heavy atom. The molecule has 0 aliphatic heterocycles. The van der Waals surface area contributed by atoms with Crippen LogP contribution in [0, 0.1) is 12.7 Å².